The second-order valence-electron chi connectivity index (χ2n) is 9.68. The summed E-state index contributed by atoms with van der Waals surface area (Å²) in [6.07, 6.45) is 1.82. The number of pyridine rings is 1. The van der Waals surface area contributed by atoms with Crippen LogP contribution >= 0.6 is 0 Å². The van der Waals surface area contributed by atoms with E-state index in [1.54, 1.807) is 13.2 Å². The minimum Gasteiger partial charge on any atom is -0.386 e. The second-order valence-corrected chi connectivity index (χ2v) is 9.68. The van der Waals surface area contributed by atoms with Gasteiger partial charge in [0, 0.05) is 55.2 Å². The van der Waals surface area contributed by atoms with Gasteiger partial charge in [0.15, 0.2) is 0 Å². The summed E-state index contributed by atoms with van der Waals surface area (Å²) < 4.78 is 44.9. The van der Waals surface area contributed by atoms with E-state index in [2.05, 4.69) is 15.2 Å². The lowest BCUT2D eigenvalue weighted by molar-refractivity contribution is -0.137. The SMILES string of the molecule is COCCN1CC[C@@]12C[C@@H]1[C@H](C2)[C@H]1/C(=C/C(=N)c1cnc(N)c(C(F)(F)F)c1)NC(C)C. The average molecular weight is 452 g/mol. The number of likely N-dealkylation sites (tertiary alicyclic amines) is 1. The van der Waals surface area contributed by atoms with Crippen LogP contribution in [0, 0.1) is 23.2 Å². The number of halogens is 3. The van der Waals surface area contributed by atoms with Crippen molar-refractivity contribution in [2.45, 2.75) is 50.9 Å². The number of anilines is 1. The van der Waals surface area contributed by atoms with Crippen LogP contribution in [0.3, 0.4) is 0 Å². The number of aromatic nitrogens is 1. The van der Waals surface area contributed by atoms with E-state index in [9.17, 15) is 13.2 Å². The third kappa shape index (κ3) is 4.24. The lowest BCUT2D eigenvalue weighted by Crippen LogP contribution is -2.60. The molecule has 2 aliphatic carbocycles. The molecule has 0 radical (unpaired) electrons. The Hall–Kier alpha value is -2.13. The monoisotopic (exact) mass is 451 g/mol. The molecule has 3 aliphatic rings. The number of ether oxygens (including phenoxy) is 1. The number of hydrogen-bond donors (Lipinski definition) is 3. The maximum Gasteiger partial charge on any atom is 0.419 e. The summed E-state index contributed by atoms with van der Waals surface area (Å²) in [6.45, 7) is 6.89. The lowest BCUT2D eigenvalue weighted by Gasteiger charge is -2.52. The van der Waals surface area contributed by atoms with E-state index >= 15 is 0 Å². The van der Waals surface area contributed by atoms with Crippen LogP contribution in [0.5, 0.6) is 0 Å². The van der Waals surface area contributed by atoms with Gasteiger partial charge in [-0.1, -0.05) is 0 Å². The summed E-state index contributed by atoms with van der Waals surface area (Å²) >= 11 is 0. The Morgan fingerprint density at radius 1 is 1.41 bits per heavy atom. The van der Waals surface area contributed by atoms with E-state index in [4.69, 9.17) is 15.9 Å². The molecule has 1 spiro atoms. The Kier molecular flexibility index (Phi) is 6.00. The van der Waals surface area contributed by atoms with Gasteiger partial charge in [0.2, 0.25) is 0 Å². The summed E-state index contributed by atoms with van der Waals surface area (Å²) in [5.41, 5.74) is 5.77. The number of nitrogens with one attached hydrogen (secondary N) is 2. The van der Waals surface area contributed by atoms with Crippen LogP contribution in [0.4, 0.5) is 19.0 Å². The van der Waals surface area contributed by atoms with E-state index in [0.29, 0.717) is 23.3 Å². The van der Waals surface area contributed by atoms with Gasteiger partial charge in [-0.2, -0.15) is 13.2 Å². The van der Waals surface area contributed by atoms with E-state index in [1.807, 2.05) is 13.8 Å². The molecule has 3 fully saturated rings. The molecule has 4 rings (SSSR count). The fraction of sp³-hybridized carbons (Fsp3) is 0.652. The van der Waals surface area contributed by atoms with Crippen molar-refractivity contribution in [3.8, 4) is 0 Å². The van der Waals surface area contributed by atoms with Crippen LogP contribution in [0.1, 0.15) is 44.2 Å². The molecule has 0 aromatic carbocycles. The van der Waals surface area contributed by atoms with E-state index in [-0.39, 0.29) is 17.3 Å². The zero-order valence-corrected chi connectivity index (χ0v) is 18.8. The molecule has 0 amide bonds. The first kappa shape index (κ1) is 23.0. The van der Waals surface area contributed by atoms with Crippen LogP contribution in [0.25, 0.3) is 0 Å². The minimum absolute atomic E-state index is 0.0104. The van der Waals surface area contributed by atoms with Crippen LogP contribution in [-0.2, 0) is 10.9 Å². The standard InChI is InChI=1S/C23H32F3N5O/c1-13(2)30-19(9-18(27)14-8-17(23(24,25)26)21(28)29-12-14)20-15-10-22(11-16(15)20)4-5-31(22)6-7-32-3/h8-9,12-13,15-16,20,27,30H,4-7,10-11H2,1-3H3,(H2,28,29)/b19-9-,27-18?/t15-,16+,20+,22+. The average Bonchev–Trinajstić information content (AvgIpc) is 3.20. The third-order valence-corrected chi connectivity index (χ3v) is 7.30. The zero-order valence-electron chi connectivity index (χ0n) is 18.8. The largest absolute Gasteiger partial charge is 0.419 e. The molecule has 1 saturated heterocycles. The number of allylic oxidation sites excluding steroid dienone is 2. The number of rotatable bonds is 8. The first-order chi connectivity index (χ1) is 15.1. The molecule has 1 aliphatic heterocycles. The molecule has 9 heteroatoms. The Labute approximate surface area is 186 Å². The van der Waals surface area contributed by atoms with Gasteiger partial charge in [-0.15, -0.1) is 0 Å². The molecule has 0 unspecified atom stereocenters. The highest BCUT2D eigenvalue weighted by Gasteiger charge is 2.65. The van der Waals surface area contributed by atoms with Gasteiger partial charge in [0.25, 0.3) is 0 Å². The van der Waals surface area contributed by atoms with Crippen molar-refractivity contribution in [3.63, 3.8) is 0 Å². The molecule has 32 heavy (non-hydrogen) atoms. The molecule has 6 nitrogen and oxygen atoms in total. The number of fused-ring (bicyclic) bond motifs is 1. The van der Waals surface area contributed by atoms with Gasteiger partial charge in [-0.05, 0) is 57.1 Å². The zero-order chi connectivity index (χ0) is 23.3. The summed E-state index contributed by atoms with van der Waals surface area (Å²) in [7, 11) is 1.73. The summed E-state index contributed by atoms with van der Waals surface area (Å²) in [4.78, 5) is 6.22. The Balaban J connectivity index is 1.50. The van der Waals surface area contributed by atoms with Crippen molar-refractivity contribution in [1.29, 1.82) is 5.41 Å². The van der Waals surface area contributed by atoms with Gasteiger partial charge >= 0.3 is 6.18 Å². The molecule has 2 saturated carbocycles. The van der Waals surface area contributed by atoms with Crippen molar-refractivity contribution >= 4 is 11.5 Å². The summed E-state index contributed by atoms with van der Waals surface area (Å²) in [5.74, 6) is 0.873. The van der Waals surface area contributed by atoms with Crippen molar-refractivity contribution in [2.75, 3.05) is 32.5 Å². The predicted octanol–water partition coefficient (Wildman–Crippen LogP) is 3.68. The van der Waals surface area contributed by atoms with Crippen molar-refractivity contribution in [1.82, 2.24) is 15.2 Å². The molecule has 2 heterocycles. The van der Waals surface area contributed by atoms with Crippen LogP contribution in [-0.4, -0.2) is 54.0 Å². The number of nitrogens with zero attached hydrogens (tertiary/aromatic N) is 2. The molecule has 4 atom stereocenters. The number of hydrogen-bond acceptors (Lipinski definition) is 6. The summed E-state index contributed by atoms with van der Waals surface area (Å²) in [6, 6.07) is 1.08. The van der Waals surface area contributed by atoms with Crippen molar-refractivity contribution in [2.24, 2.45) is 17.8 Å². The van der Waals surface area contributed by atoms with E-state index < -0.39 is 17.6 Å². The highest BCUT2D eigenvalue weighted by atomic mass is 19.4. The predicted molar refractivity (Wildman–Crippen MR) is 117 cm³/mol. The molecular weight excluding hydrogens is 419 g/mol. The first-order valence-corrected chi connectivity index (χ1v) is 11.2. The van der Waals surface area contributed by atoms with Gasteiger partial charge in [-0.3, -0.25) is 4.90 Å². The highest BCUT2D eigenvalue weighted by molar-refractivity contribution is 6.07. The fourth-order valence-corrected chi connectivity index (χ4v) is 5.68. The topological polar surface area (TPSA) is 87.3 Å². The van der Waals surface area contributed by atoms with Crippen molar-refractivity contribution in [3.05, 3.63) is 35.2 Å². The fourth-order valence-electron chi connectivity index (χ4n) is 5.68. The maximum absolute atomic E-state index is 13.2. The Morgan fingerprint density at radius 3 is 2.62 bits per heavy atom. The Bertz CT molecular complexity index is 901. The van der Waals surface area contributed by atoms with E-state index in [1.165, 1.54) is 12.6 Å². The number of alkyl halides is 3. The normalized spacial score (nSPS) is 29.8. The molecule has 4 N–H and O–H groups in total. The number of nitrogen functional groups attached to an aromatic ring is 1. The number of nitrogens with two attached hydrogens (primary N) is 1. The number of methoxy groups -OCH3 is 1. The minimum atomic E-state index is -4.60. The maximum atomic E-state index is 13.2. The lowest BCUT2D eigenvalue weighted by atomic mass is 9.78. The molecular formula is C23H32F3N5O. The second kappa shape index (κ2) is 8.33. The summed E-state index contributed by atoms with van der Waals surface area (Å²) in [5, 5.41) is 11.9. The van der Waals surface area contributed by atoms with Crippen LogP contribution in [0.2, 0.25) is 0 Å². The van der Waals surface area contributed by atoms with Gasteiger partial charge in [-0.25, -0.2) is 4.98 Å². The Morgan fingerprint density at radius 2 is 2.09 bits per heavy atom. The van der Waals surface area contributed by atoms with E-state index in [0.717, 1.165) is 44.3 Å². The van der Waals surface area contributed by atoms with Gasteiger partial charge in [0.1, 0.15) is 5.82 Å². The smallest absolute Gasteiger partial charge is 0.386 e. The van der Waals surface area contributed by atoms with Gasteiger partial charge in [0.05, 0.1) is 17.9 Å². The highest BCUT2D eigenvalue weighted by Crippen LogP contribution is 2.67. The molecule has 0 bridgehead atoms. The van der Waals surface area contributed by atoms with Crippen molar-refractivity contribution < 1.29 is 17.9 Å². The molecule has 1 aromatic heterocycles. The third-order valence-electron chi connectivity index (χ3n) is 7.30. The quantitative estimate of drug-likeness (QED) is 0.525. The van der Waals surface area contributed by atoms with Crippen LogP contribution < -0.4 is 11.1 Å². The van der Waals surface area contributed by atoms with Gasteiger partial charge < -0.3 is 21.2 Å². The molecule has 1 aromatic rings. The molecule has 176 valence electrons. The first-order valence-electron chi connectivity index (χ1n) is 11.2. The van der Waals surface area contributed by atoms with Crippen LogP contribution in [0.15, 0.2) is 24.0 Å².